The second-order valence-electron chi connectivity index (χ2n) is 7.04. The molecule has 6 heteroatoms. The number of hydrogen-bond acceptors (Lipinski definition) is 4. The molecule has 0 unspecified atom stereocenters. The summed E-state index contributed by atoms with van der Waals surface area (Å²) in [6, 6.07) is 7.17. The van der Waals surface area contributed by atoms with Gasteiger partial charge in [-0.05, 0) is 50.7 Å². The quantitative estimate of drug-likeness (QED) is 0.764. The van der Waals surface area contributed by atoms with Gasteiger partial charge in [0.15, 0.2) is 0 Å². The van der Waals surface area contributed by atoms with E-state index in [0.717, 1.165) is 18.6 Å². The van der Waals surface area contributed by atoms with Crippen LogP contribution in [0.4, 0.5) is 10.5 Å². The zero-order valence-corrected chi connectivity index (χ0v) is 14.6. The summed E-state index contributed by atoms with van der Waals surface area (Å²) in [4.78, 5) is 12.3. The molecule has 1 aliphatic carbocycles. The van der Waals surface area contributed by atoms with Crippen molar-refractivity contribution in [2.75, 3.05) is 25.1 Å². The summed E-state index contributed by atoms with van der Waals surface area (Å²) in [6.07, 6.45) is 7.43. The van der Waals surface area contributed by atoms with Crippen molar-refractivity contribution in [3.8, 4) is 5.75 Å². The summed E-state index contributed by atoms with van der Waals surface area (Å²) >= 11 is 0. The molecular weight excluding hydrogens is 320 g/mol. The first-order valence-electron chi connectivity index (χ1n) is 9.24. The Morgan fingerprint density at radius 3 is 2.72 bits per heavy atom. The number of hydrogen-bond donors (Lipinski definition) is 3. The van der Waals surface area contributed by atoms with Crippen molar-refractivity contribution in [3.63, 3.8) is 0 Å². The summed E-state index contributed by atoms with van der Waals surface area (Å²) < 4.78 is 11.4. The van der Waals surface area contributed by atoms with Crippen molar-refractivity contribution in [2.24, 2.45) is 0 Å². The van der Waals surface area contributed by atoms with E-state index in [1.807, 2.05) is 24.3 Å². The van der Waals surface area contributed by atoms with Gasteiger partial charge in [0, 0.05) is 25.0 Å². The molecule has 0 bridgehead atoms. The lowest BCUT2D eigenvalue weighted by atomic mass is 9.91. The first kappa shape index (κ1) is 18.0. The fourth-order valence-electron chi connectivity index (χ4n) is 3.51. The number of nitrogens with one attached hydrogen (secondary N) is 2. The third-order valence-electron chi connectivity index (χ3n) is 5.08. The van der Waals surface area contributed by atoms with E-state index in [2.05, 4.69) is 10.6 Å². The molecule has 1 aromatic rings. The van der Waals surface area contributed by atoms with Crippen LogP contribution in [0.2, 0.25) is 0 Å². The average Bonchev–Trinajstić information content (AvgIpc) is 2.63. The van der Waals surface area contributed by atoms with E-state index in [0.29, 0.717) is 31.7 Å². The van der Waals surface area contributed by atoms with Gasteiger partial charge in [-0.25, -0.2) is 4.79 Å². The molecule has 2 amide bonds. The van der Waals surface area contributed by atoms with E-state index in [4.69, 9.17) is 9.47 Å². The average molecular weight is 348 g/mol. The minimum absolute atomic E-state index is 0.0887. The van der Waals surface area contributed by atoms with Gasteiger partial charge in [0.1, 0.15) is 5.75 Å². The van der Waals surface area contributed by atoms with Crippen molar-refractivity contribution in [1.82, 2.24) is 5.32 Å². The molecule has 6 nitrogen and oxygen atoms in total. The van der Waals surface area contributed by atoms with Crippen LogP contribution in [0, 0.1) is 0 Å². The molecule has 1 heterocycles. The van der Waals surface area contributed by atoms with E-state index >= 15 is 0 Å². The molecule has 2 fully saturated rings. The Morgan fingerprint density at radius 1 is 1.24 bits per heavy atom. The molecule has 138 valence electrons. The Morgan fingerprint density at radius 2 is 2.00 bits per heavy atom. The summed E-state index contributed by atoms with van der Waals surface area (Å²) in [5.41, 5.74) is 0.0874. The van der Waals surface area contributed by atoms with Gasteiger partial charge in [-0.2, -0.15) is 0 Å². The number of aliphatic hydroxyl groups is 1. The number of benzene rings is 1. The summed E-state index contributed by atoms with van der Waals surface area (Å²) in [5, 5.41) is 15.4. The van der Waals surface area contributed by atoms with Crippen LogP contribution >= 0.6 is 0 Å². The van der Waals surface area contributed by atoms with Crippen LogP contribution in [0.25, 0.3) is 0 Å². The van der Waals surface area contributed by atoms with Crippen molar-refractivity contribution in [2.45, 2.75) is 56.6 Å². The van der Waals surface area contributed by atoms with Gasteiger partial charge in [0.25, 0.3) is 0 Å². The molecule has 0 aromatic heterocycles. The highest BCUT2D eigenvalue weighted by atomic mass is 16.5. The number of rotatable bonds is 5. The smallest absolute Gasteiger partial charge is 0.319 e. The third-order valence-corrected chi connectivity index (χ3v) is 5.08. The van der Waals surface area contributed by atoms with Crippen LogP contribution in [0.3, 0.4) is 0 Å². The SMILES string of the molecule is O=C(Nc1cccc(OC2CCCCC2)c1)NC1(CO)CCOCC1. The number of ether oxygens (including phenoxy) is 2. The fourth-order valence-corrected chi connectivity index (χ4v) is 3.51. The van der Waals surface area contributed by atoms with Gasteiger partial charge in [-0.3, -0.25) is 0 Å². The van der Waals surface area contributed by atoms with E-state index in [-0.39, 0.29) is 18.7 Å². The lowest BCUT2D eigenvalue weighted by molar-refractivity contribution is 0.0179. The molecule has 1 saturated carbocycles. The normalized spacial score (nSPS) is 20.7. The van der Waals surface area contributed by atoms with E-state index < -0.39 is 5.54 Å². The minimum Gasteiger partial charge on any atom is -0.490 e. The topological polar surface area (TPSA) is 79.8 Å². The second-order valence-corrected chi connectivity index (χ2v) is 7.04. The van der Waals surface area contributed by atoms with Gasteiger partial charge in [-0.15, -0.1) is 0 Å². The largest absolute Gasteiger partial charge is 0.490 e. The Hall–Kier alpha value is -1.79. The van der Waals surface area contributed by atoms with E-state index in [1.165, 1.54) is 19.3 Å². The molecule has 3 rings (SSSR count). The van der Waals surface area contributed by atoms with Gasteiger partial charge in [-0.1, -0.05) is 12.5 Å². The Balaban J connectivity index is 1.56. The number of aliphatic hydroxyl groups excluding tert-OH is 1. The highest BCUT2D eigenvalue weighted by Crippen LogP contribution is 2.25. The van der Waals surface area contributed by atoms with Gasteiger partial charge >= 0.3 is 6.03 Å². The predicted molar refractivity (Wildman–Crippen MR) is 96.0 cm³/mol. The summed E-state index contributed by atoms with van der Waals surface area (Å²) in [5.74, 6) is 0.785. The Labute approximate surface area is 148 Å². The first-order valence-corrected chi connectivity index (χ1v) is 9.24. The zero-order valence-electron chi connectivity index (χ0n) is 14.6. The van der Waals surface area contributed by atoms with E-state index in [1.54, 1.807) is 0 Å². The number of carbonyl (C=O) groups is 1. The standard InChI is InChI=1S/C19H28N2O4/c22-14-19(9-11-24-12-10-19)21-18(23)20-15-5-4-8-17(13-15)25-16-6-2-1-3-7-16/h4-5,8,13,16,22H,1-3,6-7,9-12,14H2,(H2,20,21,23). The maximum Gasteiger partial charge on any atom is 0.319 e. The molecule has 0 atom stereocenters. The van der Waals surface area contributed by atoms with Gasteiger partial charge in [0.2, 0.25) is 0 Å². The molecule has 1 aromatic carbocycles. The van der Waals surface area contributed by atoms with Crippen LogP contribution in [0.5, 0.6) is 5.75 Å². The summed E-state index contributed by atoms with van der Waals surface area (Å²) in [6.45, 7) is 1.01. The lowest BCUT2D eigenvalue weighted by Gasteiger charge is -2.36. The Bertz CT molecular complexity index is 566. The molecule has 3 N–H and O–H groups in total. The molecule has 2 aliphatic rings. The number of amides is 2. The van der Waals surface area contributed by atoms with Gasteiger partial charge in [0.05, 0.1) is 18.2 Å². The predicted octanol–water partition coefficient (Wildman–Crippen LogP) is 3.06. The van der Waals surface area contributed by atoms with Crippen molar-refractivity contribution < 1.29 is 19.4 Å². The molecule has 25 heavy (non-hydrogen) atoms. The number of carbonyl (C=O) groups excluding carboxylic acids is 1. The maximum absolute atomic E-state index is 12.3. The second kappa shape index (κ2) is 8.54. The van der Waals surface area contributed by atoms with Gasteiger partial charge < -0.3 is 25.2 Å². The van der Waals surface area contributed by atoms with Crippen LogP contribution in [-0.4, -0.2) is 42.6 Å². The molecule has 0 spiro atoms. The minimum atomic E-state index is -0.599. The Kier molecular flexibility index (Phi) is 6.15. The maximum atomic E-state index is 12.3. The van der Waals surface area contributed by atoms with Crippen molar-refractivity contribution in [1.29, 1.82) is 0 Å². The molecular formula is C19H28N2O4. The molecule has 1 aliphatic heterocycles. The highest BCUT2D eigenvalue weighted by molar-refractivity contribution is 5.90. The first-order chi connectivity index (χ1) is 12.2. The number of anilines is 1. The molecule has 1 saturated heterocycles. The zero-order chi connectivity index (χ0) is 17.5. The number of urea groups is 1. The van der Waals surface area contributed by atoms with Crippen molar-refractivity contribution in [3.05, 3.63) is 24.3 Å². The lowest BCUT2D eigenvalue weighted by Crippen LogP contribution is -2.55. The fraction of sp³-hybridized carbons (Fsp3) is 0.632. The van der Waals surface area contributed by atoms with Crippen LogP contribution in [0.15, 0.2) is 24.3 Å². The van der Waals surface area contributed by atoms with Crippen molar-refractivity contribution >= 4 is 11.7 Å². The highest BCUT2D eigenvalue weighted by Gasteiger charge is 2.33. The van der Waals surface area contributed by atoms with E-state index in [9.17, 15) is 9.90 Å². The van der Waals surface area contributed by atoms with Crippen LogP contribution in [-0.2, 0) is 4.74 Å². The molecule has 0 radical (unpaired) electrons. The monoisotopic (exact) mass is 348 g/mol. The van der Waals surface area contributed by atoms with Crippen LogP contribution < -0.4 is 15.4 Å². The summed E-state index contributed by atoms with van der Waals surface area (Å²) in [7, 11) is 0. The van der Waals surface area contributed by atoms with Crippen LogP contribution in [0.1, 0.15) is 44.9 Å². The third kappa shape index (κ3) is 5.09.